The van der Waals surface area contributed by atoms with Gasteiger partial charge in [-0.25, -0.2) is 13.6 Å². The van der Waals surface area contributed by atoms with E-state index in [0.29, 0.717) is 45.0 Å². The Kier molecular flexibility index (Phi) is 5.04. The Morgan fingerprint density at radius 2 is 2.00 bits per heavy atom. The molecule has 1 aromatic heterocycles. The number of aromatic nitrogens is 2. The topological polar surface area (TPSA) is 65.8 Å². The van der Waals surface area contributed by atoms with Gasteiger partial charge in [-0.05, 0) is 30.5 Å². The number of fused-ring (bicyclic) bond motifs is 3. The number of hydrogen-bond acceptors (Lipinski definition) is 6. The molecular weight excluding hydrogens is 415 g/mol. The summed E-state index contributed by atoms with van der Waals surface area (Å²) >= 11 is 0. The van der Waals surface area contributed by atoms with Crippen LogP contribution in [0.2, 0.25) is 0 Å². The maximum absolute atomic E-state index is 14.5. The highest BCUT2D eigenvalue weighted by Crippen LogP contribution is 2.44. The summed E-state index contributed by atoms with van der Waals surface area (Å²) < 4.78 is 59.6. The summed E-state index contributed by atoms with van der Waals surface area (Å²) in [4.78, 5) is 18.4. The van der Waals surface area contributed by atoms with E-state index in [4.69, 9.17) is 14.2 Å². The molecule has 0 bridgehead atoms. The highest BCUT2D eigenvalue weighted by atomic mass is 19.1. The summed E-state index contributed by atoms with van der Waals surface area (Å²) in [5.41, 5.74) is -1.02. The number of halogens is 3. The van der Waals surface area contributed by atoms with Crippen molar-refractivity contribution in [2.24, 2.45) is 0 Å². The molecule has 1 atom stereocenters. The summed E-state index contributed by atoms with van der Waals surface area (Å²) in [5.74, 6) is -1.46. The van der Waals surface area contributed by atoms with Crippen molar-refractivity contribution in [3.8, 4) is 11.6 Å². The molecule has 2 aliphatic heterocycles. The predicted molar refractivity (Wildman–Crippen MR) is 104 cm³/mol. The van der Waals surface area contributed by atoms with Crippen LogP contribution in [0.1, 0.15) is 24.8 Å². The van der Waals surface area contributed by atoms with Crippen LogP contribution in [0.15, 0.2) is 23.0 Å². The highest BCUT2D eigenvalue weighted by Gasteiger charge is 2.46. The van der Waals surface area contributed by atoms with E-state index in [1.807, 2.05) is 0 Å². The first-order chi connectivity index (χ1) is 15.0. The van der Waals surface area contributed by atoms with Crippen LogP contribution in [0.25, 0.3) is 0 Å². The molecule has 0 N–H and O–H groups in total. The lowest BCUT2D eigenvalue weighted by Gasteiger charge is -2.30. The van der Waals surface area contributed by atoms with E-state index >= 15 is 0 Å². The van der Waals surface area contributed by atoms with Crippen molar-refractivity contribution in [2.45, 2.75) is 44.1 Å². The third kappa shape index (κ3) is 3.84. The Hall–Kier alpha value is -2.75. The monoisotopic (exact) mass is 437 g/mol. The third-order valence-electron chi connectivity index (χ3n) is 6.00. The predicted octanol–water partition coefficient (Wildman–Crippen LogP) is 2.59. The van der Waals surface area contributed by atoms with Crippen molar-refractivity contribution < 1.29 is 27.4 Å². The van der Waals surface area contributed by atoms with Crippen LogP contribution in [0.3, 0.4) is 0 Å². The smallest absolute Gasteiger partial charge is 0.352 e. The minimum absolute atomic E-state index is 0.0846. The zero-order chi connectivity index (χ0) is 21.6. The van der Waals surface area contributed by atoms with E-state index in [0.717, 1.165) is 12.1 Å². The number of morpholine rings is 1. The number of nitrogens with zero attached hydrogens (tertiary/aromatic N) is 3. The lowest BCUT2D eigenvalue weighted by atomic mass is 10.2. The summed E-state index contributed by atoms with van der Waals surface area (Å²) in [6.07, 6.45) is 1.26. The van der Waals surface area contributed by atoms with Gasteiger partial charge in [0, 0.05) is 19.0 Å². The van der Waals surface area contributed by atoms with Gasteiger partial charge in [-0.2, -0.15) is 4.98 Å². The Labute approximate surface area is 176 Å². The fourth-order valence-electron chi connectivity index (χ4n) is 4.16. The number of alkyl halides is 1. The summed E-state index contributed by atoms with van der Waals surface area (Å²) in [7, 11) is 0. The van der Waals surface area contributed by atoms with Crippen molar-refractivity contribution in [3.63, 3.8) is 0 Å². The fraction of sp³-hybridized carbons (Fsp3) is 0.524. The van der Waals surface area contributed by atoms with Crippen molar-refractivity contribution in [1.29, 1.82) is 0 Å². The Bertz CT molecular complexity index is 1030. The van der Waals surface area contributed by atoms with E-state index in [9.17, 15) is 18.0 Å². The molecule has 0 radical (unpaired) electrons. The van der Waals surface area contributed by atoms with E-state index in [1.165, 1.54) is 0 Å². The first-order valence-electron chi connectivity index (χ1n) is 10.3. The number of anilines is 1. The molecule has 0 spiro atoms. The van der Waals surface area contributed by atoms with Gasteiger partial charge in [0.15, 0.2) is 17.4 Å². The van der Waals surface area contributed by atoms with Crippen molar-refractivity contribution in [3.05, 3.63) is 45.9 Å². The number of hydrogen-bond donors (Lipinski definition) is 0. The second kappa shape index (κ2) is 7.74. The minimum atomic E-state index is -0.873. The lowest BCUT2D eigenvalue weighted by Crippen LogP contribution is -2.43. The Morgan fingerprint density at radius 3 is 2.71 bits per heavy atom. The maximum atomic E-state index is 14.5. The summed E-state index contributed by atoms with van der Waals surface area (Å²) in [5, 5.41) is 0. The normalized spacial score (nSPS) is 20.9. The quantitative estimate of drug-likeness (QED) is 0.664. The van der Waals surface area contributed by atoms with Crippen LogP contribution in [0, 0.1) is 11.6 Å². The van der Waals surface area contributed by atoms with Crippen molar-refractivity contribution in [1.82, 2.24) is 9.55 Å². The van der Waals surface area contributed by atoms with E-state index in [1.54, 1.807) is 10.6 Å². The second-order valence-electron chi connectivity index (χ2n) is 8.17. The number of ether oxygens (including phenoxy) is 3. The van der Waals surface area contributed by atoms with Crippen LogP contribution in [-0.4, -0.2) is 47.6 Å². The van der Waals surface area contributed by atoms with Crippen LogP contribution < -0.4 is 20.1 Å². The molecule has 5 rings (SSSR count). The molecule has 166 valence electrons. The first-order valence-corrected chi connectivity index (χ1v) is 10.3. The highest BCUT2D eigenvalue weighted by molar-refractivity contribution is 5.47. The van der Waals surface area contributed by atoms with Crippen LogP contribution in [0.4, 0.5) is 19.0 Å². The zero-order valence-corrected chi connectivity index (χ0v) is 16.8. The molecule has 0 unspecified atom stereocenters. The lowest BCUT2D eigenvalue weighted by molar-refractivity contribution is 0.0956. The van der Waals surface area contributed by atoms with E-state index in [-0.39, 0.29) is 30.5 Å². The van der Waals surface area contributed by atoms with Gasteiger partial charge in [-0.15, -0.1) is 0 Å². The molecule has 3 heterocycles. The number of rotatable bonds is 7. The van der Waals surface area contributed by atoms with Gasteiger partial charge in [0.25, 0.3) is 0 Å². The van der Waals surface area contributed by atoms with Crippen molar-refractivity contribution >= 4 is 5.82 Å². The SMILES string of the molecule is O=c1nc(OCc2cc(F)c(OC3(CCF)CC3)c(F)c2)cc2n1C[C@@H]1COCCN21. The van der Waals surface area contributed by atoms with Crippen LogP contribution in [0.5, 0.6) is 11.6 Å². The van der Waals surface area contributed by atoms with Gasteiger partial charge in [0.05, 0.1) is 32.5 Å². The van der Waals surface area contributed by atoms with Crippen molar-refractivity contribution in [2.75, 3.05) is 31.3 Å². The number of benzene rings is 1. The van der Waals surface area contributed by atoms with Gasteiger partial charge in [0.2, 0.25) is 5.88 Å². The average molecular weight is 437 g/mol. The maximum Gasteiger partial charge on any atom is 0.352 e. The molecule has 1 saturated heterocycles. The molecule has 1 aromatic carbocycles. The van der Waals surface area contributed by atoms with Gasteiger partial charge >= 0.3 is 5.69 Å². The third-order valence-corrected chi connectivity index (χ3v) is 6.00. The molecule has 3 aliphatic rings. The molecule has 0 amide bonds. The molecule has 1 aliphatic carbocycles. The summed E-state index contributed by atoms with van der Waals surface area (Å²) in [6.45, 7) is 1.50. The van der Waals surface area contributed by atoms with Gasteiger partial charge in [0.1, 0.15) is 18.0 Å². The van der Waals surface area contributed by atoms with Crippen LogP contribution >= 0.6 is 0 Å². The molecule has 7 nitrogen and oxygen atoms in total. The minimum Gasteiger partial charge on any atom is -0.481 e. The van der Waals surface area contributed by atoms with Gasteiger partial charge in [-0.1, -0.05) is 0 Å². The van der Waals surface area contributed by atoms with E-state index in [2.05, 4.69) is 9.88 Å². The van der Waals surface area contributed by atoms with E-state index < -0.39 is 35.3 Å². The zero-order valence-electron chi connectivity index (χ0n) is 16.8. The Balaban J connectivity index is 1.31. The molecule has 2 fully saturated rings. The molecule has 2 aromatic rings. The average Bonchev–Trinajstić information content (AvgIpc) is 3.40. The van der Waals surface area contributed by atoms with Crippen LogP contribution in [-0.2, 0) is 17.9 Å². The second-order valence-corrected chi connectivity index (χ2v) is 8.17. The molecule has 10 heteroatoms. The molecule has 31 heavy (non-hydrogen) atoms. The summed E-state index contributed by atoms with van der Waals surface area (Å²) in [6, 6.07) is 3.97. The first kappa shape index (κ1) is 20.2. The van der Waals surface area contributed by atoms with Gasteiger partial charge in [-0.3, -0.25) is 8.96 Å². The standard InChI is InChI=1S/C21H22F3N3O4/c22-4-3-21(1-2-21)31-19-15(23)7-13(8-16(19)24)11-30-17-9-18-26-5-6-29-12-14(26)10-27(18)20(28)25-17/h7-9,14H,1-6,10-12H2/t14-/m1/s1. The largest absolute Gasteiger partial charge is 0.481 e. The van der Waals surface area contributed by atoms with Gasteiger partial charge < -0.3 is 19.1 Å². The Morgan fingerprint density at radius 1 is 1.23 bits per heavy atom. The fourth-order valence-corrected chi connectivity index (χ4v) is 4.16. The molecular formula is C21H22F3N3O4. The molecule has 1 saturated carbocycles.